The van der Waals surface area contributed by atoms with Gasteiger partial charge in [-0.2, -0.15) is 0 Å². The predicted molar refractivity (Wildman–Crippen MR) is 79.4 cm³/mol. The van der Waals surface area contributed by atoms with E-state index in [1.807, 2.05) is 11.9 Å². The smallest absolute Gasteiger partial charge is 0.0897 e. The fourth-order valence-corrected chi connectivity index (χ4v) is 2.08. The molecule has 0 spiro atoms. The van der Waals surface area contributed by atoms with Crippen molar-refractivity contribution < 1.29 is 10.2 Å². The summed E-state index contributed by atoms with van der Waals surface area (Å²) in [5.41, 5.74) is 2.72. The van der Waals surface area contributed by atoms with Gasteiger partial charge in [-0.3, -0.25) is 0 Å². The van der Waals surface area contributed by atoms with Gasteiger partial charge in [0.2, 0.25) is 0 Å². The summed E-state index contributed by atoms with van der Waals surface area (Å²) >= 11 is 0. The zero-order valence-corrected chi connectivity index (χ0v) is 12.3. The van der Waals surface area contributed by atoms with Gasteiger partial charge in [-0.15, -0.1) is 0 Å². The average molecular weight is 265 g/mol. The molecule has 0 radical (unpaired) electrons. The number of hydrogen-bond donors (Lipinski definition) is 2. The summed E-state index contributed by atoms with van der Waals surface area (Å²) in [6.07, 6.45) is 1.49. The lowest BCUT2D eigenvalue weighted by Crippen LogP contribution is -2.32. The van der Waals surface area contributed by atoms with Gasteiger partial charge in [-0.25, -0.2) is 0 Å². The van der Waals surface area contributed by atoms with Gasteiger partial charge in [0.05, 0.1) is 12.7 Å². The molecular weight excluding hydrogens is 238 g/mol. The lowest BCUT2D eigenvalue weighted by molar-refractivity contribution is 0.0669. The van der Waals surface area contributed by atoms with E-state index in [-0.39, 0.29) is 6.61 Å². The molecule has 0 aromatic heterocycles. The van der Waals surface area contributed by atoms with E-state index < -0.39 is 6.10 Å². The van der Waals surface area contributed by atoms with Crippen molar-refractivity contribution in [1.82, 2.24) is 4.90 Å². The minimum absolute atomic E-state index is 0.173. The van der Waals surface area contributed by atoms with Gasteiger partial charge in [-0.1, -0.05) is 38.1 Å². The molecule has 2 unspecified atom stereocenters. The molecule has 3 nitrogen and oxygen atoms in total. The SMILES string of the molecule is CCC(C)c1ccc(CCN(C)CC(O)CO)cc1. The average Bonchev–Trinajstić information content (AvgIpc) is 2.44. The molecule has 0 amide bonds. The molecule has 0 heterocycles. The summed E-state index contributed by atoms with van der Waals surface area (Å²) in [5.74, 6) is 0.622. The van der Waals surface area contributed by atoms with Crippen molar-refractivity contribution in [3.05, 3.63) is 35.4 Å². The van der Waals surface area contributed by atoms with E-state index in [0.29, 0.717) is 12.5 Å². The molecular formula is C16H27NO2. The molecule has 1 aromatic rings. The van der Waals surface area contributed by atoms with Crippen LogP contribution in [-0.4, -0.2) is 48.0 Å². The van der Waals surface area contributed by atoms with E-state index in [2.05, 4.69) is 38.1 Å². The molecule has 0 bridgehead atoms. The molecule has 0 saturated heterocycles. The zero-order chi connectivity index (χ0) is 14.3. The van der Waals surface area contributed by atoms with Crippen LogP contribution in [0.1, 0.15) is 37.3 Å². The first-order valence-corrected chi connectivity index (χ1v) is 7.13. The predicted octanol–water partition coefficient (Wildman–Crippen LogP) is 2.03. The first-order valence-electron chi connectivity index (χ1n) is 7.13. The van der Waals surface area contributed by atoms with Crippen molar-refractivity contribution in [2.45, 2.75) is 38.7 Å². The Labute approximate surface area is 116 Å². The van der Waals surface area contributed by atoms with Crippen LogP contribution < -0.4 is 0 Å². The van der Waals surface area contributed by atoms with Gasteiger partial charge in [-0.05, 0) is 36.9 Å². The van der Waals surface area contributed by atoms with Crippen LogP contribution in [-0.2, 0) is 6.42 Å². The number of aliphatic hydroxyl groups excluding tert-OH is 2. The first-order chi connectivity index (χ1) is 9.06. The van der Waals surface area contributed by atoms with Crippen LogP contribution in [0.25, 0.3) is 0 Å². The van der Waals surface area contributed by atoms with Gasteiger partial charge in [0, 0.05) is 13.1 Å². The van der Waals surface area contributed by atoms with Crippen molar-refractivity contribution in [1.29, 1.82) is 0 Å². The van der Waals surface area contributed by atoms with E-state index in [9.17, 15) is 5.11 Å². The van der Waals surface area contributed by atoms with Gasteiger partial charge < -0.3 is 15.1 Å². The van der Waals surface area contributed by atoms with Crippen molar-refractivity contribution >= 4 is 0 Å². The van der Waals surface area contributed by atoms with Crippen LogP contribution >= 0.6 is 0 Å². The molecule has 1 rings (SSSR count). The summed E-state index contributed by atoms with van der Waals surface area (Å²) < 4.78 is 0. The van der Waals surface area contributed by atoms with Crippen LogP contribution in [0, 0.1) is 0 Å². The Morgan fingerprint density at radius 1 is 1.21 bits per heavy atom. The third-order valence-corrected chi connectivity index (χ3v) is 3.68. The fourth-order valence-electron chi connectivity index (χ4n) is 2.08. The first kappa shape index (κ1) is 16.2. The number of nitrogens with zero attached hydrogens (tertiary/aromatic N) is 1. The Kier molecular flexibility index (Phi) is 7.06. The normalized spacial score (nSPS) is 14.6. The van der Waals surface area contributed by atoms with E-state index in [1.165, 1.54) is 17.5 Å². The summed E-state index contributed by atoms with van der Waals surface area (Å²) in [7, 11) is 1.96. The Morgan fingerprint density at radius 3 is 2.37 bits per heavy atom. The molecule has 19 heavy (non-hydrogen) atoms. The van der Waals surface area contributed by atoms with Gasteiger partial charge >= 0.3 is 0 Å². The van der Waals surface area contributed by atoms with Gasteiger partial charge in [0.15, 0.2) is 0 Å². The van der Waals surface area contributed by atoms with Crippen LogP contribution in [0.2, 0.25) is 0 Å². The van der Waals surface area contributed by atoms with Crippen molar-refractivity contribution in [2.75, 3.05) is 26.7 Å². The van der Waals surface area contributed by atoms with Gasteiger partial charge in [0.1, 0.15) is 0 Å². The molecule has 1 aromatic carbocycles. The number of hydrogen-bond acceptors (Lipinski definition) is 3. The quantitative estimate of drug-likeness (QED) is 0.756. The maximum atomic E-state index is 9.36. The van der Waals surface area contributed by atoms with Crippen LogP contribution in [0.3, 0.4) is 0 Å². The Balaban J connectivity index is 2.41. The standard InChI is InChI=1S/C16H27NO2/c1-4-13(2)15-7-5-14(6-8-15)9-10-17(3)11-16(19)12-18/h5-8,13,16,18-19H,4,9-12H2,1-3H3. The molecule has 108 valence electrons. The highest BCUT2D eigenvalue weighted by Gasteiger charge is 2.07. The number of aliphatic hydroxyl groups is 2. The van der Waals surface area contributed by atoms with Crippen molar-refractivity contribution in [3.63, 3.8) is 0 Å². The highest BCUT2D eigenvalue weighted by atomic mass is 16.3. The second-order valence-corrected chi connectivity index (χ2v) is 5.40. The highest BCUT2D eigenvalue weighted by molar-refractivity contribution is 5.25. The second kappa shape index (κ2) is 8.31. The topological polar surface area (TPSA) is 43.7 Å². The fraction of sp³-hybridized carbons (Fsp3) is 0.625. The lowest BCUT2D eigenvalue weighted by Gasteiger charge is -2.19. The monoisotopic (exact) mass is 265 g/mol. The Morgan fingerprint density at radius 2 is 1.84 bits per heavy atom. The second-order valence-electron chi connectivity index (χ2n) is 5.40. The molecule has 2 atom stereocenters. The van der Waals surface area contributed by atoms with E-state index in [1.54, 1.807) is 0 Å². The zero-order valence-electron chi connectivity index (χ0n) is 12.3. The lowest BCUT2D eigenvalue weighted by atomic mass is 9.97. The van der Waals surface area contributed by atoms with E-state index in [0.717, 1.165) is 13.0 Å². The molecule has 0 fully saturated rings. The molecule has 0 saturated carbocycles. The van der Waals surface area contributed by atoms with Crippen molar-refractivity contribution in [2.24, 2.45) is 0 Å². The maximum absolute atomic E-state index is 9.36. The molecule has 2 N–H and O–H groups in total. The Hall–Kier alpha value is -0.900. The summed E-state index contributed by atoms with van der Waals surface area (Å²) in [4.78, 5) is 2.05. The third kappa shape index (κ3) is 5.72. The van der Waals surface area contributed by atoms with Crippen LogP contribution in [0.5, 0.6) is 0 Å². The number of benzene rings is 1. The number of likely N-dealkylation sites (N-methyl/N-ethyl adjacent to an activating group) is 1. The van der Waals surface area contributed by atoms with Crippen molar-refractivity contribution in [3.8, 4) is 0 Å². The summed E-state index contributed by atoms with van der Waals surface area (Å²) in [6, 6.07) is 8.81. The third-order valence-electron chi connectivity index (χ3n) is 3.68. The molecule has 0 aliphatic heterocycles. The van der Waals surface area contributed by atoms with Crippen LogP contribution in [0.4, 0.5) is 0 Å². The molecule has 0 aliphatic rings. The van der Waals surface area contributed by atoms with Gasteiger partial charge in [0.25, 0.3) is 0 Å². The molecule has 3 heteroatoms. The largest absolute Gasteiger partial charge is 0.394 e. The number of rotatable bonds is 8. The van der Waals surface area contributed by atoms with E-state index >= 15 is 0 Å². The Bertz CT molecular complexity index is 350. The minimum atomic E-state index is -0.641. The highest BCUT2D eigenvalue weighted by Crippen LogP contribution is 2.18. The molecule has 0 aliphatic carbocycles. The van der Waals surface area contributed by atoms with E-state index in [4.69, 9.17) is 5.11 Å². The summed E-state index contributed by atoms with van der Waals surface area (Å²) in [6.45, 7) is 5.69. The summed E-state index contributed by atoms with van der Waals surface area (Å²) in [5, 5.41) is 18.2. The maximum Gasteiger partial charge on any atom is 0.0897 e. The minimum Gasteiger partial charge on any atom is -0.394 e. The van der Waals surface area contributed by atoms with Crippen LogP contribution in [0.15, 0.2) is 24.3 Å².